The number of amides is 1. The summed E-state index contributed by atoms with van der Waals surface area (Å²) in [5.74, 6) is -0.0425. The van der Waals surface area contributed by atoms with Crippen molar-refractivity contribution in [2.45, 2.75) is 13.5 Å². The summed E-state index contributed by atoms with van der Waals surface area (Å²) < 4.78 is 14.6. The molecule has 20 heavy (non-hydrogen) atoms. The van der Waals surface area contributed by atoms with Gasteiger partial charge in [-0.2, -0.15) is 0 Å². The number of alkyl carbamates (subject to hydrolysis) is 1. The Morgan fingerprint density at radius 3 is 2.40 bits per heavy atom. The van der Waals surface area contributed by atoms with Crippen molar-refractivity contribution in [2.75, 3.05) is 20.8 Å². The lowest BCUT2D eigenvalue weighted by atomic mass is 10.2. The van der Waals surface area contributed by atoms with Crippen LogP contribution in [0, 0.1) is 5.92 Å². The fourth-order valence-electron chi connectivity index (χ4n) is 1.44. The molecule has 0 spiro atoms. The molecule has 0 aliphatic heterocycles. The van der Waals surface area contributed by atoms with E-state index in [-0.39, 0.29) is 19.1 Å². The molecule has 0 aromatic heterocycles. The molecule has 0 saturated carbocycles. The second-order valence-corrected chi connectivity index (χ2v) is 4.23. The third-order valence-electron chi connectivity index (χ3n) is 2.69. The quantitative estimate of drug-likeness (QED) is 0.804. The van der Waals surface area contributed by atoms with E-state index < -0.39 is 12.0 Å². The lowest BCUT2D eigenvalue weighted by Crippen LogP contribution is -2.32. The van der Waals surface area contributed by atoms with E-state index in [1.807, 2.05) is 12.1 Å². The summed E-state index contributed by atoms with van der Waals surface area (Å²) in [5.41, 5.74) is 0.849. The van der Waals surface area contributed by atoms with Crippen LogP contribution in [0.4, 0.5) is 4.79 Å². The number of carbonyl (C=O) groups is 2. The number of benzene rings is 1. The van der Waals surface area contributed by atoms with Gasteiger partial charge in [-0.15, -0.1) is 0 Å². The van der Waals surface area contributed by atoms with Crippen LogP contribution < -0.4 is 10.1 Å². The van der Waals surface area contributed by atoms with Gasteiger partial charge in [-0.1, -0.05) is 19.1 Å². The Bertz CT molecular complexity index is 443. The Kier molecular flexibility index (Phi) is 6.36. The first-order chi connectivity index (χ1) is 9.56. The average molecular weight is 281 g/mol. The Morgan fingerprint density at radius 2 is 1.85 bits per heavy atom. The summed E-state index contributed by atoms with van der Waals surface area (Å²) in [6, 6.07) is 7.19. The second kappa shape index (κ2) is 8.04. The van der Waals surface area contributed by atoms with Gasteiger partial charge in [-0.05, 0) is 17.7 Å². The third-order valence-corrected chi connectivity index (χ3v) is 2.69. The Labute approximate surface area is 118 Å². The van der Waals surface area contributed by atoms with Crippen LogP contribution in [-0.2, 0) is 20.9 Å². The average Bonchev–Trinajstić information content (AvgIpc) is 2.50. The molecule has 6 heteroatoms. The van der Waals surface area contributed by atoms with Crippen LogP contribution in [0.3, 0.4) is 0 Å². The normalized spacial score (nSPS) is 11.3. The van der Waals surface area contributed by atoms with Crippen LogP contribution >= 0.6 is 0 Å². The smallest absolute Gasteiger partial charge is 0.407 e. The van der Waals surface area contributed by atoms with Crippen LogP contribution in [0.5, 0.6) is 5.75 Å². The first-order valence-corrected chi connectivity index (χ1v) is 6.18. The minimum absolute atomic E-state index is 0.155. The first kappa shape index (κ1) is 15.8. The lowest BCUT2D eigenvalue weighted by Gasteiger charge is -2.11. The summed E-state index contributed by atoms with van der Waals surface area (Å²) >= 11 is 0. The van der Waals surface area contributed by atoms with Crippen molar-refractivity contribution in [3.05, 3.63) is 29.8 Å². The standard InChI is InChI=1S/C14H19NO5/c1-10(13(16)19-3)8-15-14(17)20-9-11-4-6-12(18-2)7-5-11/h4-7,10H,8-9H2,1-3H3,(H,15,17). The Morgan fingerprint density at radius 1 is 1.20 bits per heavy atom. The molecule has 110 valence electrons. The molecular formula is C14H19NO5. The van der Waals surface area contributed by atoms with Gasteiger partial charge >= 0.3 is 12.1 Å². The van der Waals surface area contributed by atoms with Crippen LogP contribution in [0.1, 0.15) is 12.5 Å². The molecule has 1 unspecified atom stereocenters. The number of hydrogen-bond donors (Lipinski definition) is 1. The summed E-state index contributed by atoms with van der Waals surface area (Å²) in [5, 5.41) is 2.50. The molecule has 0 saturated heterocycles. The molecule has 0 heterocycles. The number of hydrogen-bond acceptors (Lipinski definition) is 5. The van der Waals surface area contributed by atoms with Crippen LogP contribution in [-0.4, -0.2) is 32.8 Å². The zero-order valence-electron chi connectivity index (χ0n) is 11.8. The molecule has 0 aliphatic rings. The molecule has 0 fully saturated rings. The molecular weight excluding hydrogens is 262 g/mol. The monoisotopic (exact) mass is 281 g/mol. The zero-order chi connectivity index (χ0) is 15.0. The van der Waals surface area contributed by atoms with E-state index in [0.717, 1.165) is 11.3 Å². The van der Waals surface area contributed by atoms with Gasteiger partial charge in [-0.3, -0.25) is 4.79 Å². The highest BCUT2D eigenvalue weighted by molar-refractivity contribution is 5.73. The fraction of sp³-hybridized carbons (Fsp3) is 0.429. The fourth-order valence-corrected chi connectivity index (χ4v) is 1.44. The van der Waals surface area contributed by atoms with Crippen LogP contribution in [0.2, 0.25) is 0 Å². The number of rotatable bonds is 6. The van der Waals surface area contributed by atoms with Gasteiger partial charge in [0.15, 0.2) is 0 Å². The van der Waals surface area contributed by atoms with Crippen molar-refractivity contribution in [2.24, 2.45) is 5.92 Å². The van der Waals surface area contributed by atoms with Crippen molar-refractivity contribution in [3.63, 3.8) is 0 Å². The van der Waals surface area contributed by atoms with Gasteiger partial charge in [0, 0.05) is 6.54 Å². The molecule has 0 aliphatic carbocycles. The van der Waals surface area contributed by atoms with Gasteiger partial charge in [0.25, 0.3) is 0 Å². The number of esters is 1. The topological polar surface area (TPSA) is 73.9 Å². The van der Waals surface area contributed by atoms with E-state index in [1.54, 1.807) is 26.2 Å². The summed E-state index contributed by atoms with van der Waals surface area (Å²) in [6.45, 7) is 1.99. The van der Waals surface area contributed by atoms with E-state index in [0.29, 0.717) is 0 Å². The maximum atomic E-state index is 11.4. The highest BCUT2D eigenvalue weighted by Gasteiger charge is 2.14. The van der Waals surface area contributed by atoms with E-state index in [9.17, 15) is 9.59 Å². The lowest BCUT2D eigenvalue weighted by molar-refractivity contribution is -0.144. The minimum Gasteiger partial charge on any atom is -0.497 e. The zero-order valence-corrected chi connectivity index (χ0v) is 11.8. The predicted octanol–water partition coefficient (Wildman–Crippen LogP) is 1.73. The van der Waals surface area contributed by atoms with Gasteiger partial charge in [0.1, 0.15) is 12.4 Å². The van der Waals surface area contributed by atoms with Gasteiger partial charge in [0.2, 0.25) is 0 Å². The number of methoxy groups -OCH3 is 2. The molecule has 0 radical (unpaired) electrons. The van der Waals surface area contributed by atoms with Gasteiger partial charge < -0.3 is 19.5 Å². The molecule has 1 aromatic carbocycles. The van der Waals surface area contributed by atoms with Crippen molar-refractivity contribution in [1.29, 1.82) is 0 Å². The van der Waals surface area contributed by atoms with Gasteiger partial charge in [0.05, 0.1) is 20.1 Å². The minimum atomic E-state index is -0.573. The molecule has 1 atom stereocenters. The molecule has 1 amide bonds. The van der Waals surface area contributed by atoms with E-state index in [4.69, 9.17) is 9.47 Å². The van der Waals surface area contributed by atoms with E-state index in [1.165, 1.54) is 7.11 Å². The van der Waals surface area contributed by atoms with Crippen molar-refractivity contribution in [1.82, 2.24) is 5.32 Å². The maximum absolute atomic E-state index is 11.4. The SMILES string of the molecule is COC(=O)C(C)CNC(=O)OCc1ccc(OC)cc1. The second-order valence-electron chi connectivity index (χ2n) is 4.23. The number of ether oxygens (including phenoxy) is 3. The maximum Gasteiger partial charge on any atom is 0.407 e. The summed E-state index contributed by atoms with van der Waals surface area (Å²) in [4.78, 5) is 22.6. The molecule has 1 rings (SSSR count). The highest BCUT2D eigenvalue weighted by Crippen LogP contribution is 2.11. The predicted molar refractivity (Wildman–Crippen MR) is 72.4 cm³/mol. The molecule has 0 bridgehead atoms. The Balaban J connectivity index is 2.30. The number of carbonyl (C=O) groups excluding carboxylic acids is 2. The van der Waals surface area contributed by atoms with E-state index >= 15 is 0 Å². The molecule has 1 N–H and O–H groups in total. The first-order valence-electron chi connectivity index (χ1n) is 6.18. The molecule has 6 nitrogen and oxygen atoms in total. The van der Waals surface area contributed by atoms with Crippen LogP contribution in [0.25, 0.3) is 0 Å². The van der Waals surface area contributed by atoms with E-state index in [2.05, 4.69) is 10.1 Å². The highest BCUT2D eigenvalue weighted by atomic mass is 16.5. The third kappa shape index (κ3) is 5.17. The largest absolute Gasteiger partial charge is 0.497 e. The summed E-state index contributed by atoms with van der Waals surface area (Å²) in [7, 11) is 2.89. The molecule has 1 aromatic rings. The van der Waals surface area contributed by atoms with Gasteiger partial charge in [-0.25, -0.2) is 4.79 Å². The van der Waals surface area contributed by atoms with Crippen molar-refractivity contribution >= 4 is 12.1 Å². The van der Waals surface area contributed by atoms with Crippen molar-refractivity contribution in [3.8, 4) is 5.75 Å². The number of nitrogens with one attached hydrogen (secondary N) is 1. The van der Waals surface area contributed by atoms with Crippen molar-refractivity contribution < 1.29 is 23.8 Å². The van der Waals surface area contributed by atoms with Crippen LogP contribution in [0.15, 0.2) is 24.3 Å². The summed E-state index contributed by atoms with van der Waals surface area (Å²) in [6.07, 6.45) is -0.573. The Hall–Kier alpha value is -2.24.